The molecule has 0 unspecified atom stereocenters. The molecule has 0 saturated carbocycles. The first-order chi connectivity index (χ1) is 16.9. The van der Waals surface area contributed by atoms with E-state index in [4.69, 9.17) is 26.4 Å². The summed E-state index contributed by atoms with van der Waals surface area (Å²) in [6.07, 6.45) is 2.64. The third-order valence-electron chi connectivity index (χ3n) is 5.47. The maximum absolute atomic E-state index is 13.0. The number of ketones is 1. The van der Waals surface area contributed by atoms with E-state index < -0.39 is 0 Å². The molecule has 0 N–H and O–H groups in total. The van der Waals surface area contributed by atoms with Gasteiger partial charge < -0.3 is 14.2 Å². The number of methoxy groups -OCH3 is 2. The van der Waals surface area contributed by atoms with Crippen molar-refractivity contribution in [3.05, 3.63) is 89.9 Å². The van der Waals surface area contributed by atoms with E-state index in [1.807, 2.05) is 36.4 Å². The largest absolute Gasteiger partial charge is 0.493 e. The van der Waals surface area contributed by atoms with Crippen LogP contribution in [0.3, 0.4) is 0 Å². The van der Waals surface area contributed by atoms with Crippen molar-refractivity contribution >= 4 is 33.8 Å². The Hall–Kier alpha value is -3.84. The van der Waals surface area contributed by atoms with E-state index in [0.717, 1.165) is 22.0 Å². The Morgan fingerprint density at radius 2 is 1.49 bits per heavy atom. The van der Waals surface area contributed by atoms with Crippen LogP contribution in [0.1, 0.15) is 17.5 Å². The number of nitrogens with zero attached hydrogens (tertiary/aromatic N) is 1. The van der Waals surface area contributed by atoms with E-state index in [1.165, 1.54) is 12.1 Å². The van der Waals surface area contributed by atoms with Crippen LogP contribution in [0.25, 0.3) is 10.9 Å². The highest BCUT2D eigenvalue weighted by atomic mass is 32.1. The number of hydrogen-bond donors (Lipinski definition) is 0. The van der Waals surface area contributed by atoms with Gasteiger partial charge in [-0.15, -0.1) is 0 Å². The Balaban J connectivity index is 1.39. The number of pyridine rings is 1. The summed E-state index contributed by atoms with van der Waals surface area (Å²) in [5, 5.41) is 0.801. The van der Waals surface area contributed by atoms with Crippen LogP contribution < -0.4 is 14.2 Å². The molecule has 4 aromatic rings. The van der Waals surface area contributed by atoms with Crippen LogP contribution in [-0.4, -0.2) is 29.9 Å². The topological polar surface area (TPSA) is 57.7 Å². The second-order valence-corrected chi connectivity index (χ2v) is 8.59. The standard InChI is InChI=1S/C28H24FNO4S/c1-32-27-16-24-25(17-28(27)33-2)30-12-11-26(24)34-22-9-5-19(6-10-22)14-23(35)15-21(31)13-18-3-7-20(29)8-4-18/h3-12,16-17H,13-15H2,1-2H3. The molecule has 0 amide bonds. The van der Waals surface area contributed by atoms with Gasteiger partial charge in [-0.2, -0.15) is 0 Å². The lowest BCUT2D eigenvalue weighted by atomic mass is 10.0. The van der Waals surface area contributed by atoms with Gasteiger partial charge in [0, 0.05) is 41.8 Å². The van der Waals surface area contributed by atoms with Crippen LogP contribution in [-0.2, 0) is 17.6 Å². The highest BCUT2D eigenvalue weighted by Crippen LogP contribution is 2.36. The van der Waals surface area contributed by atoms with Crippen LogP contribution >= 0.6 is 12.2 Å². The van der Waals surface area contributed by atoms with Gasteiger partial charge in [0.1, 0.15) is 23.1 Å². The molecule has 0 spiro atoms. The monoisotopic (exact) mass is 489 g/mol. The summed E-state index contributed by atoms with van der Waals surface area (Å²) in [7, 11) is 3.17. The Morgan fingerprint density at radius 3 is 2.17 bits per heavy atom. The number of ether oxygens (including phenoxy) is 3. The zero-order chi connectivity index (χ0) is 24.8. The molecular formula is C28H24FNO4S. The molecular weight excluding hydrogens is 465 g/mol. The molecule has 0 radical (unpaired) electrons. The van der Waals surface area contributed by atoms with Crippen molar-refractivity contribution in [3.63, 3.8) is 0 Å². The third kappa shape index (κ3) is 6.19. The fourth-order valence-electron chi connectivity index (χ4n) is 3.74. The number of carbonyl (C=O) groups excluding carboxylic acids is 1. The van der Waals surface area contributed by atoms with E-state index in [1.54, 1.807) is 38.6 Å². The van der Waals surface area contributed by atoms with Gasteiger partial charge in [-0.25, -0.2) is 4.39 Å². The van der Waals surface area contributed by atoms with Crippen molar-refractivity contribution < 1.29 is 23.4 Å². The van der Waals surface area contributed by atoms with Crippen LogP contribution in [0.5, 0.6) is 23.0 Å². The van der Waals surface area contributed by atoms with Gasteiger partial charge in [0.25, 0.3) is 0 Å². The number of carbonyl (C=O) groups is 1. The maximum atomic E-state index is 13.0. The summed E-state index contributed by atoms with van der Waals surface area (Å²) in [4.78, 5) is 17.4. The number of Topliss-reactive ketones (excluding diaryl/α,β-unsaturated/α-hetero) is 1. The predicted molar refractivity (Wildman–Crippen MR) is 137 cm³/mol. The number of aromatic nitrogens is 1. The van der Waals surface area contributed by atoms with Crippen molar-refractivity contribution in [2.75, 3.05) is 14.2 Å². The highest BCUT2D eigenvalue weighted by Gasteiger charge is 2.12. The fourth-order valence-corrected chi connectivity index (χ4v) is 4.07. The first-order valence-corrected chi connectivity index (χ1v) is 11.4. The van der Waals surface area contributed by atoms with Crippen molar-refractivity contribution in [2.45, 2.75) is 19.3 Å². The zero-order valence-electron chi connectivity index (χ0n) is 19.4. The minimum absolute atomic E-state index is 0.0122. The van der Waals surface area contributed by atoms with Gasteiger partial charge in [-0.05, 0) is 47.5 Å². The van der Waals surface area contributed by atoms with Crippen LogP contribution in [0.4, 0.5) is 4.39 Å². The SMILES string of the molecule is COc1cc2nccc(Oc3ccc(CC(=S)CC(=O)Cc4ccc(F)cc4)cc3)c2cc1OC. The van der Waals surface area contributed by atoms with Crippen molar-refractivity contribution in [1.29, 1.82) is 0 Å². The molecule has 5 nitrogen and oxygen atoms in total. The number of fused-ring (bicyclic) bond motifs is 1. The normalized spacial score (nSPS) is 10.7. The minimum atomic E-state index is -0.318. The lowest BCUT2D eigenvalue weighted by Gasteiger charge is -2.12. The maximum Gasteiger partial charge on any atom is 0.162 e. The Kier molecular flexibility index (Phi) is 7.67. The molecule has 1 heterocycles. The van der Waals surface area contributed by atoms with Crippen molar-refractivity contribution in [3.8, 4) is 23.0 Å². The van der Waals surface area contributed by atoms with E-state index >= 15 is 0 Å². The average Bonchev–Trinajstić information content (AvgIpc) is 2.85. The predicted octanol–water partition coefficient (Wildman–Crippen LogP) is 6.30. The van der Waals surface area contributed by atoms with Gasteiger partial charge in [-0.3, -0.25) is 9.78 Å². The lowest BCUT2D eigenvalue weighted by Crippen LogP contribution is -2.10. The van der Waals surface area contributed by atoms with Gasteiger partial charge in [0.2, 0.25) is 0 Å². The van der Waals surface area contributed by atoms with Crippen LogP contribution in [0, 0.1) is 5.82 Å². The van der Waals surface area contributed by atoms with E-state index in [0.29, 0.717) is 34.3 Å². The second kappa shape index (κ2) is 11.1. The van der Waals surface area contributed by atoms with Gasteiger partial charge in [0.15, 0.2) is 11.5 Å². The smallest absolute Gasteiger partial charge is 0.162 e. The summed E-state index contributed by atoms with van der Waals surface area (Å²) in [6, 6.07) is 19.0. The van der Waals surface area contributed by atoms with E-state index in [2.05, 4.69) is 4.98 Å². The van der Waals surface area contributed by atoms with Gasteiger partial charge >= 0.3 is 0 Å². The van der Waals surface area contributed by atoms with E-state index in [9.17, 15) is 9.18 Å². The Labute approximate surface area is 208 Å². The van der Waals surface area contributed by atoms with Gasteiger partial charge in [-0.1, -0.05) is 36.5 Å². The summed E-state index contributed by atoms with van der Waals surface area (Å²) in [5.41, 5.74) is 2.50. The number of thiocarbonyl (C=S) groups is 1. The zero-order valence-corrected chi connectivity index (χ0v) is 20.2. The quantitative estimate of drug-likeness (QED) is 0.244. The molecule has 4 rings (SSSR count). The molecule has 178 valence electrons. The molecule has 0 saturated heterocycles. The number of hydrogen-bond acceptors (Lipinski definition) is 6. The Morgan fingerprint density at radius 1 is 0.857 bits per heavy atom. The first-order valence-electron chi connectivity index (χ1n) is 11.0. The molecule has 7 heteroatoms. The molecule has 0 fully saturated rings. The van der Waals surface area contributed by atoms with E-state index in [-0.39, 0.29) is 24.4 Å². The Bertz CT molecular complexity index is 1350. The highest BCUT2D eigenvalue weighted by molar-refractivity contribution is 7.80. The summed E-state index contributed by atoms with van der Waals surface area (Å²) < 4.78 is 29.9. The molecule has 0 bridgehead atoms. The fraction of sp³-hybridized carbons (Fsp3) is 0.179. The van der Waals surface area contributed by atoms with Crippen molar-refractivity contribution in [1.82, 2.24) is 4.98 Å². The second-order valence-electron chi connectivity index (χ2n) is 8.01. The van der Waals surface area contributed by atoms with Crippen molar-refractivity contribution in [2.24, 2.45) is 0 Å². The first kappa shape index (κ1) is 24.3. The number of halogens is 1. The minimum Gasteiger partial charge on any atom is -0.493 e. The molecule has 1 aromatic heterocycles. The molecule has 0 aliphatic rings. The molecule has 0 aliphatic carbocycles. The summed E-state index contributed by atoms with van der Waals surface area (Å²) in [5.74, 6) is 2.19. The molecule has 3 aromatic carbocycles. The third-order valence-corrected chi connectivity index (χ3v) is 5.76. The van der Waals surface area contributed by atoms with Gasteiger partial charge in [0.05, 0.1) is 19.7 Å². The summed E-state index contributed by atoms with van der Waals surface area (Å²) >= 11 is 5.44. The van der Waals surface area contributed by atoms with Crippen LogP contribution in [0.15, 0.2) is 72.9 Å². The molecule has 35 heavy (non-hydrogen) atoms. The number of rotatable bonds is 10. The summed E-state index contributed by atoms with van der Waals surface area (Å²) in [6.45, 7) is 0. The molecule has 0 atom stereocenters. The molecule has 0 aliphatic heterocycles. The average molecular weight is 490 g/mol. The number of benzene rings is 3. The van der Waals surface area contributed by atoms with Crippen LogP contribution in [0.2, 0.25) is 0 Å². The lowest BCUT2D eigenvalue weighted by molar-refractivity contribution is -0.117.